The lowest BCUT2D eigenvalue weighted by Crippen LogP contribution is -2.09. The first-order chi connectivity index (χ1) is 20.0. The first kappa shape index (κ1) is 27.9. The van der Waals surface area contributed by atoms with Gasteiger partial charge in [-0.15, -0.1) is 0 Å². The van der Waals surface area contributed by atoms with Gasteiger partial charge in [-0.1, -0.05) is 30.0 Å². The summed E-state index contributed by atoms with van der Waals surface area (Å²) in [5.41, 5.74) is 2.11. The maximum absolute atomic E-state index is 13.0. The number of carbonyl (C=O) groups excluding carboxylic acids is 2. The molecule has 1 N–H and O–H groups in total. The third kappa shape index (κ3) is 6.24. The van der Waals surface area contributed by atoms with Crippen molar-refractivity contribution in [3.8, 4) is 17.2 Å². The van der Waals surface area contributed by atoms with Crippen molar-refractivity contribution in [3.05, 3.63) is 84.7 Å². The number of benzene rings is 3. The Morgan fingerprint density at radius 3 is 2.46 bits per heavy atom. The number of nitrogens with one attached hydrogen (secondary N) is 1. The van der Waals surface area contributed by atoms with Gasteiger partial charge in [0.2, 0.25) is 0 Å². The van der Waals surface area contributed by atoms with Crippen LogP contribution < -0.4 is 19.5 Å². The van der Waals surface area contributed by atoms with Gasteiger partial charge in [0.25, 0.3) is 0 Å². The minimum Gasteiger partial charge on any atom is -0.497 e. The third-order valence-electron chi connectivity index (χ3n) is 6.22. The van der Waals surface area contributed by atoms with Crippen LogP contribution in [0.25, 0.3) is 16.5 Å². The molecule has 0 fully saturated rings. The number of aromatic nitrogens is 2. The van der Waals surface area contributed by atoms with E-state index in [1.54, 1.807) is 33.5 Å². The Kier molecular flexibility index (Phi) is 8.61. The molecule has 1 aliphatic carbocycles. The zero-order valence-electron chi connectivity index (χ0n) is 22.7. The quantitative estimate of drug-likeness (QED) is 0.180. The molecular weight excluding hydrogens is 542 g/mol. The summed E-state index contributed by atoms with van der Waals surface area (Å²) in [6.07, 6.45) is 5.37. The van der Waals surface area contributed by atoms with Crippen LogP contribution in [0.15, 0.2) is 88.9 Å². The molecule has 3 aromatic carbocycles. The third-order valence-corrected chi connectivity index (χ3v) is 7.37. The molecule has 41 heavy (non-hydrogen) atoms. The first-order valence-corrected chi connectivity index (χ1v) is 13.5. The van der Waals surface area contributed by atoms with Gasteiger partial charge in [0.05, 0.1) is 32.0 Å². The average Bonchev–Trinajstić information content (AvgIpc) is 2.99. The lowest BCUT2D eigenvalue weighted by molar-refractivity contribution is -0.113. The second-order valence-electron chi connectivity index (χ2n) is 8.83. The van der Waals surface area contributed by atoms with E-state index in [9.17, 15) is 9.59 Å². The van der Waals surface area contributed by atoms with Crippen LogP contribution in [-0.2, 0) is 14.3 Å². The summed E-state index contributed by atoms with van der Waals surface area (Å²) in [5.74, 6) is 1.53. The number of ketones is 2. The molecule has 0 atom stereocenters. The summed E-state index contributed by atoms with van der Waals surface area (Å²) < 4.78 is 22.1. The molecule has 1 heterocycles. The number of allylic oxidation sites excluding steroid dienone is 4. The van der Waals surface area contributed by atoms with E-state index >= 15 is 0 Å². The van der Waals surface area contributed by atoms with Crippen molar-refractivity contribution < 1.29 is 28.5 Å². The Balaban J connectivity index is 1.65. The van der Waals surface area contributed by atoms with Gasteiger partial charge in [-0.25, -0.2) is 9.97 Å². The molecule has 0 spiro atoms. The summed E-state index contributed by atoms with van der Waals surface area (Å²) in [4.78, 5) is 35.9. The zero-order valence-corrected chi connectivity index (χ0v) is 23.5. The number of fused-ring (bicyclic) bond motifs is 1. The number of methoxy groups -OCH3 is 3. The van der Waals surface area contributed by atoms with E-state index in [1.165, 1.54) is 36.3 Å². The molecule has 0 unspecified atom stereocenters. The van der Waals surface area contributed by atoms with E-state index in [-0.39, 0.29) is 17.1 Å². The highest BCUT2D eigenvalue weighted by Crippen LogP contribution is 2.44. The van der Waals surface area contributed by atoms with Crippen molar-refractivity contribution >= 4 is 51.3 Å². The van der Waals surface area contributed by atoms with Crippen molar-refractivity contribution in [3.63, 3.8) is 0 Å². The number of hydrogen-bond acceptors (Lipinski definition) is 10. The van der Waals surface area contributed by atoms with Gasteiger partial charge in [0.1, 0.15) is 24.5 Å². The fraction of sp³-hybridized carbons (Fsp3) is 0.161. The second-order valence-corrected chi connectivity index (χ2v) is 9.92. The highest BCUT2D eigenvalue weighted by atomic mass is 32.2. The van der Waals surface area contributed by atoms with Crippen LogP contribution in [-0.4, -0.2) is 56.1 Å². The molecule has 0 bridgehead atoms. The van der Waals surface area contributed by atoms with Gasteiger partial charge in [0.15, 0.2) is 23.1 Å². The van der Waals surface area contributed by atoms with E-state index in [4.69, 9.17) is 18.9 Å². The molecule has 9 nitrogen and oxygen atoms in total. The molecule has 10 heteroatoms. The van der Waals surface area contributed by atoms with Crippen molar-refractivity contribution in [1.82, 2.24) is 9.97 Å². The number of ether oxygens (including phenoxy) is 4. The van der Waals surface area contributed by atoms with Crippen LogP contribution in [0.2, 0.25) is 0 Å². The zero-order chi connectivity index (χ0) is 28.8. The molecule has 1 aromatic heterocycles. The highest BCUT2D eigenvalue weighted by molar-refractivity contribution is 7.99. The molecular formula is C31H27N3O6S. The van der Waals surface area contributed by atoms with E-state index in [2.05, 4.69) is 15.3 Å². The molecule has 1 aliphatic rings. The first-order valence-electron chi connectivity index (χ1n) is 12.7. The molecule has 4 aromatic rings. The van der Waals surface area contributed by atoms with Crippen LogP contribution in [0.5, 0.6) is 17.2 Å². The molecule has 0 saturated carbocycles. The van der Waals surface area contributed by atoms with Gasteiger partial charge < -0.3 is 24.3 Å². The predicted octanol–water partition coefficient (Wildman–Crippen LogP) is 5.66. The Hall–Kier alpha value is -4.67. The van der Waals surface area contributed by atoms with Crippen LogP contribution in [0, 0.1) is 0 Å². The molecule has 0 radical (unpaired) electrons. The van der Waals surface area contributed by atoms with Gasteiger partial charge >= 0.3 is 0 Å². The Bertz CT molecular complexity index is 1670. The molecule has 208 valence electrons. The topological polar surface area (TPSA) is 109 Å². The van der Waals surface area contributed by atoms with Crippen molar-refractivity contribution in [2.45, 2.75) is 9.79 Å². The van der Waals surface area contributed by atoms with E-state index in [0.29, 0.717) is 58.4 Å². The normalized spacial score (nSPS) is 12.8. The monoisotopic (exact) mass is 569 g/mol. The van der Waals surface area contributed by atoms with Crippen LogP contribution in [0.1, 0.15) is 5.56 Å². The van der Waals surface area contributed by atoms with Crippen LogP contribution in [0.4, 0.5) is 11.5 Å². The van der Waals surface area contributed by atoms with Crippen LogP contribution >= 0.6 is 11.8 Å². The minimum absolute atomic E-state index is 0.259. The van der Waals surface area contributed by atoms with Gasteiger partial charge in [-0.05, 0) is 42.5 Å². The standard InChI is InChI=1S/C31H27N3O6S/c1-37-11-12-40-29-17-25-24(16-28(29)39-3)31(33-18-32-25)34-26-15-20(38-2)14-23(22-13-19(35)9-10-27(22)36)30(26)41-21-7-5-4-6-8-21/h4-10,13-18H,11-12H2,1-3H3,(H,32,33,34). The SMILES string of the molecule is COCCOc1cc2ncnc(Nc3cc(OC)cc(C4=CC(=O)C=CC4=O)c3Sc3ccccc3)c2cc1OC. The Morgan fingerprint density at radius 1 is 0.878 bits per heavy atom. The highest BCUT2D eigenvalue weighted by Gasteiger charge is 2.23. The number of hydrogen-bond donors (Lipinski definition) is 1. The Morgan fingerprint density at radius 2 is 1.71 bits per heavy atom. The van der Waals surface area contributed by atoms with Gasteiger partial charge in [0, 0.05) is 45.6 Å². The molecule has 5 rings (SSSR count). The fourth-order valence-electron chi connectivity index (χ4n) is 4.25. The second kappa shape index (κ2) is 12.7. The van der Waals surface area contributed by atoms with E-state index in [1.807, 2.05) is 42.5 Å². The largest absolute Gasteiger partial charge is 0.497 e. The van der Waals surface area contributed by atoms with E-state index in [0.717, 1.165) is 9.79 Å². The predicted molar refractivity (Wildman–Crippen MR) is 157 cm³/mol. The van der Waals surface area contributed by atoms with Gasteiger partial charge in [-0.2, -0.15) is 0 Å². The number of nitrogens with zero attached hydrogens (tertiary/aromatic N) is 2. The summed E-state index contributed by atoms with van der Waals surface area (Å²) in [7, 11) is 4.72. The Labute approximate surface area is 241 Å². The average molecular weight is 570 g/mol. The van der Waals surface area contributed by atoms with Crippen molar-refractivity contribution in [1.29, 1.82) is 0 Å². The van der Waals surface area contributed by atoms with E-state index < -0.39 is 0 Å². The molecule has 0 aliphatic heterocycles. The van der Waals surface area contributed by atoms with Crippen LogP contribution in [0.3, 0.4) is 0 Å². The smallest absolute Gasteiger partial charge is 0.186 e. The minimum atomic E-state index is -0.267. The lowest BCUT2D eigenvalue weighted by atomic mass is 9.95. The summed E-state index contributed by atoms with van der Waals surface area (Å²) in [5, 5.41) is 4.12. The lowest BCUT2D eigenvalue weighted by Gasteiger charge is -2.20. The molecule has 0 amide bonds. The maximum Gasteiger partial charge on any atom is 0.186 e. The van der Waals surface area contributed by atoms with Crippen molar-refractivity contribution in [2.75, 3.05) is 39.9 Å². The fourth-order valence-corrected chi connectivity index (χ4v) is 5.28. The number of anilines is 2. The summed E-state index contributed by atoms with van der Waals surface area (Å²) in [6, 6.07) is 16.9. The summed E-state index contributed by atoms with van der Waals surface area (Å²) in [6.45, 7) is 0.783. The summed E-state index contributed by atoms with van der Waals surface area (Å²) >= 11 is 1.46. The maximum atomic E-state index is 13.0. The number of carbonyl (C=O) groups is 2. The number of rotatable bonds is 11. The van der Waals surface area contributed by atoms with Crippen molar-refractivity contribution in [2.24, 2.45) is 0 Å². The van der Waals surface area contributed by atoms with Gasteiger partial charge in [-0.3, -0.25) is 9.59 Å². The molecule has 0 saturated heterocycles.